The molecule has 6 heteroatoms. The fourth-order valence-electron chi connectivity index (χ4n) is 1.24. The predicted octanol–water partition coefficient (Wildman–Crippen LogP) is 1.78. The number of nitrogens with zero attached hydrogens (tertiary/aromatic N) is 1. The van der Waals surface area contributed by atoms with Crippen LogP contribution in [-0.2, 0) is 5.92 Å². The minimum Gasteiger partial charge on any atom is -0.478 e. The molecule has 0 atom stereocenters. The second kappa shape index (κ2) is 3.45. The van der Waals surface area contributed by atoms with Gasteiger partial charge in [-0.2, -0.15) is 8.78 Å². The van der Waals surface area contributed by atoms with Gasteiger partial charge in [-0.3, -0.25) is 4.98 Å². The lowest BCUT2D eigenvalue weighted by Gasteiger charge is -2.14. The average Bonchev–Trinajstić information content (AvgIpc) is 2.06. The molecule has 0 bridgehead atoms. The number of anilines is 1. The van der Waals surface area contributed by atoms with Crippen molar-refractivity contribution in [3.05, 3.63) is 23.0 Å². The van der Waals surface area contributed by atoms with Gasteiger partial charge in [0.2, 0.25) is 0 Å². The lowest BCUT2D eigenvalue weighted by molar-refractivity contribution is 0.0120. The van der Waals surface area contributed by atoms with Gasteiger partial charge in [0, 0.05) is 18.7 Å². The molecule has 0 fully saturated rings. The summed E-state index contributed by atoms with van der Waals surface area (Å²) in [5, 5.41) is 8.68. The van der Waals surface area contributed by atoms with Crippen LogP contribution < -0.4 is 5.73 Å². The summed E-state index contributed by atoms with van der Waals surface area (Å²) in [4.78, 5) is 14.0. The Balaban J connectivity index is 3.41. The maximum atomic E-state index is 13.0. The standard InChI is InChI=1S/C9H10F2N2O2/c1-4-6(12)5(8(14)15)3-13-7(4)9(2,10)11/h3H,1-2H3,(H2,12,13)(H,14,15). The van der Waals surface area contributed by atoms with Crippen LogP contribution in [0.3, 0.4) is 0 Å². The lowest BCUT2D eigenvalue weighted by Crippen LogP contribution is -2.16. The van der Waals surface area contributed by atoms with E-state index >= 15 is 0 Å². The number of hydrogen-bond donors (Lipinski definition) is 2. The number of aromatic carboxylic acids is 1. The fourth-order valence-corrected chi connectivity index (χ4v) is 1.24. The van der Waals surface area contributed by atoms with Crippen LogP contribution in [0.15, 0.2) is 6.20 Å². The number of nitrogen functional groups attached to an aromatic ring is 1. The molecule has 1 aromatic heterocycles. The topological polar surface area (TPSA) is 76.2 Å². The number of nitrogens with two attached hydrogens (primary N) is 1. The van der Waals surface area contributed by atoms with E-state index in [0.29, 0.717) is 6.92 Å². The van der Waals surface area contributed by atoms with Gasteiger partial charge in [-0.1, -0.05) is 0 Å². The molecule has 1 aromatic rings. The number of pyridine rings is 1. The number of alkyl halides is 2. The molecule has 4 nitrogen and oxygen atoms in total. The van der Waals surface area contributed by atoms with E-state index in [9.17, 15) is 13.6 Å². The number of rotatable bonds is 2. The highest BCUT2D eigenvalue weighted by molar-refractivity contribution is 5.94. The molecule has 0 saturated heterocycles. The van der Waals surface area contributed by atoms with Gasteiger partial charge in [-0.05, 0) is 6.92 Å². The molecule has 0 aliphatic heterocycles. The van der Waals surface area contributed by atoms with Crippen molar-refractivity contribution < 1.29 is 18.7 Å². The Morgan fingerprint density at radius 3 is 2.53 bits per heavy atom. The minimum atomic E-state index is -3.13. The fraction of sp³-hybridized carbons (Fsp3) is 0.333. The van der Waals surface area contributed by atoms with Crippen molar-refractivity contribution in [1.29, 1.82) is 0 Å². The molecule has 0 spiro atoms. The van der Waals surface area contributed by atoms with E-state index in [1.165, 1.54) is 6.92 Å². The Morgan fingerprint density at radius 1 is 1.60 bits per heavy atom. The number of halogens is 2. The molecule has 1 heterocycles. The molecule has 0 saturated carbocycles. The Morgan fingerprint density at radius 2 is 2.13 bits per heavy atom. The molecular formula is C9H10F2N2O2. The van der Waals surface area contributed by atoms with E-state index in [1.807, 2.05) is 0 Å². The van der Waals surface area contributed by atoms with Crippen molar-refractivity contribution >= 4 is 11.7 Å². The first-order valence-electron chi connectivity index (χ1n) is 4.11. The second-order valence-electron chi connectivity index (χ2n) is 3.25. The van der Waals surface area contributed by atoms with Gasteiger partial charge in [0.25, 0.3) is 5.92 Å². The molecule has 15 heavy (non-hydrogen) atoms. The quantitative estimate of drug-likeness (QED) is 0.790. The monoisotopic (exact) mass is 216 g/mol. The molecule has 82 valence electrons. The summed E-state index contributed by atoms with van der Waals surface area (Å²) in [5.74, 6) is -4.41. The highest BCUT2D eigenvalue weighted by Crippen LogP contribution is 2.31. The van der Waals surface area contributed by atoms with Crippen LogP contribution in [0.1, 0.15) is 28.5 Å². The van der Waals surface area contributed by atoms with Gasteiger partial charge < -0.3 is 10.8 Å². The summed E-state index contributed by atoms with van der Waals surface area (Å²) >= 11 is 0. The molecule has 0 aliphatic rings. The highest BCUT2D eigenvalue weighted by Gasteiger charge is 2.30. The summed E-state index contributed by atoms with van der Waals surface area (Å²) in [6.07, 6.45) is 0.845. The van der Waals surface area contributed by atoms with Crippen LogP contribution in [0.5, 0.6) is 0 Å². The van der Waals surface area contributed by atoms with Gasteiger partial charge in [-0.15, -0.1) is 0 Å². The van der Waals surface area contributed by atoms with E-state index in [2.05, 4.69) is 4.98 Å². The van der Waals surface area contributed by atoms with Crippen molar-refractivity contribution in [2.45, 2.75) is 19.8 Å². The average molecular weight is 216 g/mol. The summed E-state index contributed by atoms with van der Waals surface area (Å²) in [7, 11) is 0. The number of carbonyl (C=O) groups is 1. The van der Waals surface area contributed by atoms with E-state index in [1.54, 1.807) is 0 Å². The van der Waals surface area contributed by atoms with E-state index < -0.39 is 17.6 Å². The summed E-state index contributed by atoms with van der Waals surface area (Å²) in [6, 6.07) is 0. The van der Waals surface area contributed by atoms with Crippen molar-refractivity contribution in [2.75, 3.05) is 5.73 Å². The van der Waals surface area contributed by atoms with Crippen LogP contribution in [0.4, 0.5) is 14.5 Å². The maximum absolute atomic E-state index is 13.0. The van der Waals surface area contributed by atoms with Gasteiger partial charge >= 0.3 is 5.97 Å². The SMILES string of the molecule is Cc1c(C(C)(F)F)ncc(C(=O)O)c1N. The smallest absolute Gasteiger partial charge is 0.339 e. The van der Waals surface area contributed by atoms with Gasteiger partial charge in [0.05, 0.1) is 5.69 Å². The molecule has 0 aromatic carbocycles. The molecule has 0 aliphatic carbocycles. The molecule has 3 N–H and O–H groups in total. The number of carboxylic acid groups (broad SMARTS) is 1. The van der Waals surface area contributed by atoms with Crippen LogP contribution >= 0.6 is 0 Å². The largest absolute Gasteiger partial charge is 0.478 e. The van der Waals surface area contributed by atoms with Crippen LogP contribution in [0.25, 0.3) is 0 Å². The number of hydrogen-bond acceptors (Lipinski definition) is 3. The molecule has 0 unspecified atom stereocenters. The van der Waals surface area contributed by atoms with Crippen LogP contribution in [0, 0.1) is 6.92 Å². The summed E-state index contributed by atoms with van der Waals surface area (Å²) < 4.78 is 25.9. The summed E-state index contributed by atoms with van der Waals surface area (Å²) in [5.41, 5.74) is 4.50. The van der Waals surface area contributed by atoms with Gasteiger partial charge in [0.1, 0.15) is 11.3 Å². The zero-order chi connectivity index (χ0) is 11.8. The minimum absolute atomic E-state index is 0.00222. The second-order valence-corrected chi connectivity index (χ2v) is 3.25. The Kier molecular flexibility index (Phi) is 2.61. The zero-order valence-electron chi connectivity index (χ0n) is 8.21. The third-order valence-corrected chi connectivity index (χ3v) is 2.02. The predicted molar refractivity (Wildman–Crippen MR) is 49.9 cm³/mol. The first-order valence-corrected chi connectivity index (χ1v) is 4.11. The van der Waals surface area contributed by atoms with Crippen LogP contribution in [-0.4, -0.2) is 16.1 Å². The summed E-state index contributed by atoms with van der Waals surface area (Å²) in [6.45, 7) is 2.00. The Labute approximate surface area is 84.7 Å². The number of aromatic nitrogens is 1. The molecular weight excluding hydrogens is 206 g/mol. The molecule has 1 rings (SSSR count). The first-order chi connectivity index (χ1) is 6.75. The highest BCUT2D eigenvalue weighted by atomic mass is 19.3. The van der Waals surface area contributed by atoms with Crippen molar-refractivity contribution in [3.8, 4) is 0 Å². The first kappa shape index (κ1) is 11.4. The third kappa shape index (κ3) is 2.03. The van der Waals surface area contributed by atoms with Crippen molar-refractivity contribution in [2.24, 2.45) is 0 Å². The van der Waals surface area contributed by atoms with Crippen molar-refractivity contribution in [1.82, 2.24) is 4.98 Å². The zero-order valence-corrected chi connectivity index (χ0v) is 8.21. The van der Waals surface area contributed by atoms with E-state index in [4.69, 9.17) is 10.8 Å². The Bertz CT molecular complexity index is 413. The van der Waals surface area contributed by atoms with Crippen molar-refractivity contribution in [3.63, 3.8) is 0 Å². The lowest BCUT2D eigenvalue weighted by atomic mass is 10.1. The normalized spacial score (nSPS) is 11.5. The van der Waals surface area contributed by atoms with Gasteiger partial charge in [-0.25, -0.2) is 4.79 Å². The van der Waals surface area contributed by atoms with Gasteiger partial charge in [0.15, 0.2) is 0 Å². The Hall–Kier alpha value is -1.72. The number of carboxylic acids is 1. The molecule has 0 radical (unpaired) electrons. The van der Waals surface area contributed by atoms with Crippen LogP contribution in [0.2, 0.25) is 0 Å². The third-order valence-electron chi connectivity index (χ3n) is 2.02. The van der Waals surface area contributed by atoms with E-state index in [-0.39, 0.29) is 16.8 Å². The van der Waals surface area contributed by atoms with E-state index in [0.717, 1.165) is 6.20 Å². The molecule has 0 amide bonds. The maximum Gasteiger partial charge on any atom is 0.339 e.